The van der Waals surface area contributed by atoms with Gasteiger partial charge in [0.1, 0.15) is 0 Å². The van der Waals surface area contributed by atoms with Crippen LogP contribution in [0.15, 0.2) is 60.5 Å². The molecule has 0 amide bonds. The van der Waals surface area contributed by atoms with Crippen LogP contribution in [0, 0.1) is 20.8 Å². The fourth-order valence-electron chi connectivity index (χ4n) is 2.42. The van der Waals surface area contributed by atoms with Crippen LogP contribution in [0.3, 0.4) is 0 Å². The number of anilines is 1. The van der Waals surface area contributed by atoms with Crippen molar-refractivity contribution >= 4 is 31.6 Å². The van der Waals surface area contributed by atoms with Gasteiger partial charge >= 0.3 is 168 Å². The monoisotopic (exact) mass is 545 g/mol. The Hall–Kier alpha value is -1.63. The first-order valence-electron chi connectivity index (χ1n) is 8.65. The van der Waals surface area contributed by atoms with Crippen molar-refractivity contribution < 1.29 is 4.74 Å². The first-order chi connectivity index (χ1) is 12.3. The van der Waals surface area contributed by atoms with Crippen LogP contribution in [-0.2, 0) is 0 Å². The van der Waals surface area contributed by atoms with E-state index < -0.39 is 0 Å². The third-order valence-corrected chi connectivity index (χ3v) is 4.48. The third kappa shape index (κ3) is 6.27. The summed E-state index contributed by atoms with van der Waals surface area (Å²) in [6.07, 6.45) is 13.9. The summed E-state index contributed by atoms with van der Waals surface area (Å²) in [5.41, 5.74) is 5.56. The summed E-state index contributed by atoms with van der Waals surface area (Å²) >= 11 is 1.01. The van der Waals surface area contributed by atoms with Crippen LogP contribution in [0.4, 0.5) is 5.82 Å². The van der Waals surface area contributed by atoms with E-state index in [1.165, 1.54) is 5.57 Å². The molecule has 26 heavy (non-hydrogen) atoms. The number of hydrogen-bond acceptors (Lipinski definition) is 3. The zero-order valence-electron chi connectivity index (χ0n) is 16.8. The Labute approximate surface area is 174 Å². The first-order valence-corrected chi connectivity index (χ1v) is 11.4. The van der Waals surface area contributed by atoms with Crippen molar-refractivity contribution in [2.75, 3.05) is 9.07 Å². The van der Waals surface area contributed by atoms with Gasteiger partial charge in [-0.2, -0.15) is 0 Å². The summed E-state index contributed by atoms with van der Waals surface area (Å²) in [5, 5.41) is 0. The molecule has 0 atom stereocenters. The molecule has 0 spiro atoms. The molecular weight excluding hydrogens is 515 g/mol. The van der Waals surface area contributed by atoms with Crippen LogP contribution in [0.1, 0.15) is 37.6 Å². The van der Waals surface area contributed by atoms with Gasteiger partial charge in [-0.15, -0.1) is 0 Å². The van der Waals surface area contributed by atoms with Crippen LogP contribution in [-0.4, -0.2) is 34.9 Å². The molecule has 0 saturated heterocycles. The Morgan fingerprint density at radius 1 is 1.08 bits per heavy atom. The van der Waals surface area contributed by atoms with Gasteiger partial charge in [0.25, 0.3) is 0 Å². The molecular formula is C22H29N2OPb. The van der Waals surface area contributed by atoms with E-state index in [9.17, 15) is 0 Å². The van der Waals surface area contributed by atoms with Gasteiger partial charge in [0.2, 0.25) is 0 Å². The summed E-state index contributed by atoms with van der Waals surface area (Å²) in [7, 11) is 0. The molecule has 0 fully saturated rings. The van der Waals surface area contributed by atoms with Crippen molar-refractivity contribution in [2.24, 2.45) is 0 Å². The number of allylic oxidation sites excluding steroid dienone is 8. The number of hydrogen-bond donors (Lipinski definition) is 0. The average Bonchev–Trinajstić information content (AvgIpc) is 2.60. The van der Waals surface area contributed by atoms with Gasteiger partial charge in [0, 0.05) is 0 Å². The Morgan fingerprint density at radius 2 is 1.77 bits per heavy atom. The number of aryl methyl sites for hydroxylation is 1. The minimum absolute atomic E-state index is 0.775. The topological polar surface area (TPSA) is 25.4 Å². The van der Waals surface area contributed by atoms with Crippen molar-refractivity contribution in [1.29, 1.82) is 0 Å². The summed E-state index contributed by atoms with van der Waals surface area (Å²) in [5.74, 6) is 1.85. The Kier molecular flexibility index (Phi) is 9.62. The molecule has 1 aromatic rings. The standard InChI is InChI=1S/C22H29N2O.Pb/c1-9-10-11-12-15-24(17(4)14-13-16(2)3)22-19(6)18(5)21(25-8)20(7)23-22;/h9-15H,1,8H2,2-7H3;/b11-10-,15-12+,17-14+;. The van der Waals surface area contributed by atoms with Crippen molar-refractivity contribution in [2.45, 2.75) is 41.5 Å². The quantitative estimate of drug-likeness (QED) is 0.322. The molecule has 0 bridgehead atoms. The van der Waals surface area contributed by atoms with E-state index in [0.29, 0.717) is 0 Å². The van der Waals surface area contributed by atoms with Crippen LogP contribution in [0.25, 0.3) is 0 Å². The molecule has 0 unspecified atom stereocenters. The zero-order valence-corrected chi connectivity index (χ0v) is 20.6. The summed E-state index contributed by atoms with van der Waals surface area (Å²) < 4.78 is 6.63. The van der Waals surface area contributed by atoms with Gasteiger partial charge in [-0.1, -0.05) is 6.58 Å². The molecule has 0 aliphatic rings. The molecule has 4 heteroatoms. The minimum atomic E-state index is 0.775. The molecule has 1 rings (SSSR count). The van der Waals surface area contributed by atoms with Crippen LogP contribution in [0.2, 0.25) is 0 Å². The third-order valence-electron chi connectivity index (χ3n) is 3.92. The van der Waals surface area contributed by atoms with E-state index in [-0.39, 0.29) is 0 Å². The fraction of sp³-hybridized carbons (Fsp3) is 0.318. The summed E-state index contributed by atoms with van der Waals surface area (Å²) in [6.45, 7) is 16.2. The van der Waals surface area contributed by atoms with Crippen molar-refractivity contribution in [1.82, 2.24) is 4.98 Å². The zero-order chi connectivity index (χ0) is 19.7. The second kappa shape index (κ2) is 11.2. The predicted molar refractivity (Wildman–Crippen MR) is 114 cm³/mol. The van der Waals surface area contributed by atoms with Gasteiger partial charge in [-0.05, 0) is 0 Å². The second-order valence-electron chi connectivity index (χ2n) is 6.27. The van der Waals surface area contributed by atoms with E-state index in [4.69, 9.17) is 9.72 Å². The Morgan fingerprint density at radius 3 is 2.35 bits per heavy atom. The maximum atomic E-state index is 5.85. The van der Waals surface area contributed by atoms with Gasteiger partial charge in [-0.3, -0.25) is 0 Å². The van der Waals surface area contributed by atoms with Gasteiger partial charge in [0.15, 0.2) is 0 Å². The normalized spacial score (nSPS) is 11.9. The molecule has 0 N–H and O–H groups in total. The Balaban J connectivity index is 3.49. The summed E-state index contributed by atoms with van der Waals surface area (Å²) in [6, 6.07) is 0. The Bertz CT molecular complexity index is 754. The molecule has 3 nitrogen and oxygen atoms in total. The van der Waals surface area contributed by atoms with Crippen LogP contribution < -0.4 is 9.64 Å². The molecule has 0 saturated carbocycles. The SMILES string of the molecule is C=C/C=C\C=C\N(/C(C)=C/C=C(C)C)c1nc(C)c(O[CH2][Pb])c(C)c1C. The molecule has 3 radical (unpaired) electrons. The van der Waals surface area contributed by atoms with Crippen molar-refractivity contribution in [3.05, 3.63) is 77.3 Å². The molecule has 137 valence electrons. The van der Waals surface area contributed by atoms with E-state index in [1.807, 2.05) is 31.4 Å². The van der Waals surface area contributed by atoms with Gasteiger partial charge in [-0.25, -0.2) is 0 Å². The second-order valence-corrected chi connectivity index (χ2v) is 7.40. The van der Waals surface area contributed by atoms with E-state index >= 15 is 0 Å². The van der Waals surface area contributed by atoms with E-state index in [1.54, 1.807) is 6.08 Å². The fourth-order valence-corrected chi connectivity index (χ4v) is 2.98. The van der Waals surface area contributed by atoms with E-state index in [0.717, 1.165) is 64.0 Å². The summed E-state index contributed by atoms with van der Waals surface area (Å²) in [4.78, 5) is 6.98. The maximum absolute atomic E-state index is 5.85. The van der Waals surface area contributed by atoms with Crippen molar-refractivity contribution in [3.63, 3.8) is 0 Å². The molecule has 1 aromatic heterocycles. The number of nitrogens with zero attached hydrogens (tertiary/aromatic N) is 2. The molecule has 1 heterocycles. The number of rotatable bonds is 8. The molecule has 0 aliphatic carbocycles. The van der Waals surface area contributed by atoms with Gasteiger partial charge in [0.05, 0.1) is 0 Å². The van der Waals surface area contributed by atoms with Gasteiger partial charge < -0.3 is 0 Å². The van der Waals surface area contributed by atoms with Crippen LogP contribution in [0.5, 0.6) is 5.75 Å². The number of ether oxygens (including phenoxy) is 1. The number of aromatic nitrogens is 1. The average molecular weight is 545 g/mol. The van der Waals surface area contributed by atoms with Crippen molar-refractivity contribution in [3.8, 4) is 5.75 Å². The predicted octanol–water partition coefficient (Wildman–Crippen LogP) is 5.44. The number of pyridine rings is 1. The molecule has 0 aliphatic heterocycles. The van der Waals surface area contributed by atoms with E-state index in [2.05, 4.69) is 58.2 Å². The van der Waals surface area contributed by atoms with Crippen LogP contribution >= 0.6 is 0 Å². The molecule has 0 aromatic carbocycles. The first kappa shape index (κ1) is 22.4.